The van der Waals surface area contributed by atoms with Crippen molar-refractivity contribution in [3.8, 4) is 0 Å². The average molecular weight is 242 g/mol. The first-order valence-electron chi connectivity index (χ1n) is 3.68. The van der Waals surface area contributed by atoms with E-state index in [1.807, 2.05) is 12.1 Å². The van der Waals surface area contributed by atoms with Crippen LogP contribution in [-0.4, -0.2) is 5.88 Å². The van der Waals surface area contributed by atoms with Gasteiger partial charge in [0.25, 0.3) is 0 Å². The zero-order chi connectivity index (χ0) is 8.39. The molecule has 1 heterocycles. The summed E-state index contributed by atoms with van der Waals surface area (Å²) in [5.74, 6) is 0.988. The van der Waals surface area contributed by atoms with Gasteiger partial charge in [0.1, 0.15) is 0 Å². The van der Waals surface area contributed by atoms with Crippen molar-refractivity contribution in [2.75, 3.05) is 5.88 Å². The summed E-state index contributed by atoms with van der Waals surface area (Å²) in [6, 6.07) is 8.30. The van der Waals surface area contributed by atoms with Gasteiger partial charge in [-0.3, -0.25) is 0 Å². The van der Waals surface area contributed by atoms with Crippen LogP contribution >= 0.6 is 27.7 Å². The van der Waals surface area contributed by atoms with E-state index in [-0.39, 0.29) is 0 Å². The van der Waals surface area contributed by atoms with Crippen LogP contribution in [0, 0.1) is 0 Å². The normalized spacial score (nSPS) is 15.6. The molecule has 3 heteroatoms. The second-order valence-corrected chi connectivity index (χ2v) is 4.30. The van der Waals surface area contributed by atoms with E-state index in [2.05, 4.69) is 38.8 Å². The van der Waals surface area contributed by atoms with Crippen LogP contribution in [0.2, 0.25) is 0 Å². The van der Waals surface area contributed by atoms with Crippen LogP contribution in [0.1, 0.15) is 5.56 Å². The van der Waals surface area contributed by atoms with Gasteiger partial charge in [-0.2, -0.15) is 0 Å². The molecular formula is C9H8BrNS. The van der Waals surface area contributed by atoms with Crippen molar-refractivity contribution >= 4 is 33.4 Å². The van der Waals surface area contributed by atoms with Gasteiger partial charge < -0.3 is 5.32 Å². The summed E-state index contributed by atoms with van der Waals surface area (Å²) in [6.45, 7) is 0. The molecule has 12 heavy (non-hydrogen) atoms. The van der Waals surface area contributed by atoms with Crippen molar-refractivity contribution in [3.05, 3.63) is 39.7 Å². The Hall–Kier alpha value is -0.410. The molecule has 1 aliphatic rings. The maximum absolute atomic E-state index is 3.45. The SMILES string of the molecule is Brc1cccc(C2=CSCN2)c1. The highest BCUT2D eigenvalue weighted by atomic mass is 79.9. The van der Waals surface area contributed by atoms with E-state index in [0.717, 1.165) is 10.3 Å². The third-order valence-corrected chi connectivity index (χ3v) is 2.89. The smallest absolute Gasteiger partial charge is 0.0652 e. The second kappa shape index (κ2) is 3.54. The maximum atomic E-state index is 3.45. The van der Waals surface area contributed by atoms with E-state index in [1.165, 1.54) is 11.3 Å². The first-order chi connectivity index (χ1) is 5.86. The van der Waals surface area contributed by atoms with Crippen LogP contribution in [0.4, 0.5) is 0 Å². The Morgan fingerprint density at radius 2 is 2.33 bits per heavy atom. The fourth-order valence-corrected chi connectivity index (χ4v) is 2.22. The first-order valence-corrected chi connectivity index (χ1v) is 5.52. The highest BCUT2D eigenvalue weighted by Crippen LogP contribution is 2.23. The van der Waals surface area contributed by atoms with Crippen LogP contribution in [-0.2, 0) is 0 Å². The lowest BCUT2D eigenvalue weighted by Crippen LogP contribution is -2.04. The monoisotopic (exact) mass is 241 g/mol. The Morgan fingerprint density at radius 3 is 3.00 bits per heavy atom. The number of hydrogen-bond acceptors (Lipinski definition) is 2. The second-order valence-electron chi connectivity index (χ2n) is 2.53. The Balaban J connectivity index is 2.33. The molecule has 0 bridgehead atoms. The maximum Gasteiger partial charge on any atom is 0.0652 e. The van der Waals surface area contributed by atoms with Gasteiger partial charge >= 0.3 is 0 Å². The van der Waals surface area contributed by atoms with Crippen molar-refractivity contribution in [1.29, 1.82) is 0 Å². The Labute approximate surface area is 84.4 Å². The van der Waals surface area contributed by atoms with Gasteiger partial charge in [0.2, 0.25) is 0 Å². The summed E-state index contributed by atoms with van der Waals surface area (Å²) in [5.41, 5.74) is 2.47. The third-order valence-electron chi connectivity index (χ3n) is 1.68. The molecule has 0 fully saturated rings. The lowest BCUT2D eigenvalue weighted by atomic mass is 10.2. The van der Waals surface area contributed by atoms with Gasteiger partial charge in [0, 0.05) is 10.2 Å². The number of rotatable bonds is 1. The lowest BCUT2D eigenvalue weighted by molar-refractivity contribution is 1.11. The fourth-order valence-electron chi connectivity index (χ4n) is 1.11. The topological polar surface area (TPSA) is 12.0 Å². The third kappa shape index (κ3) is 1.67. The molecule has 0 saturated heterocycles. The van der Waals surface area contributed by atoms with E-state index >= 15 is 0 Å². The van der Waals surface area contributed by atoms with E-state index in [9.17, 15) is 0 Å². The van der Waals surface area contributed by atoms with Crippen LogP contribution in [0.25, 0.3) is 5.70 Å². The molecule has 62 valence electrons. The number of hydrogen-bond donors (Lipinski definition) is 1. The van der Waals surface area contributed by atoms with Gasteiger partial charge in [-0.05, 0) is 23.1 Å². The van der Waals surface area contributed by atoms with Crippen LogP contribution in [0.15, 0.2) is 34.1 Å². The highest BCUT2D eigenvalue weighted by molar-refractivity contribution is 9.10. The standard InChI is InChI=1S/C9H8BrNS/c10-8-3-1-2-7(4-8)9-5-12-6-11-9/h1-5,11H,6H2. The average Bonchev–Trinajstić information content (AvgIpc) is 2.56. The molecule has 1 nitrogen and oxygen atoms in total. The van der Waals surface area contributed by atoms with E-state index in [0.29, 0.717) is 0 Å². The number of thioether (sulfide) groups is 1. The van der Waals surface area contributed by atoms with Crippen molar-refractivity contribution in [2.45, 2.75) is 0 Å². The molecule has 0 saturated carbocycles. The zero-order valence-corrected chi connectivity index (χ0v) is 8.78. The van der Waals surface area contributed by atoms with Gasteiger partial charge in [-0.25, -0.2) is 0 Å². The molecule has 1 N–H and O–H groups in total. The van der Waals surface area contributed by atoms with E-state index in [1.54, 1.807) is 11.8 Å². The lowest BCUT2D eigenvalue weighted by Gasteiger charge is -2.02. The predicted octanol–water partition coefficient (Wildman–Crippen LogP) is 3.04. The van der Waals surface area contributed by atoms with Crippen molar-refractivity contribution in [3.63, 3.8) is 0 Å². The Bertz CT molecular complexity index is 322. The van der Waals surface area contributed by atoms with Crippen molar-refractivity contribution in [2.24, 2.45) is 0 Å². The van der Waals surface area contributed by atoms with Crippen LogP contribution in [0.3, 0.4) is 0 Å². The van der Waals surface area contributed by atoms with Gasteiger partial charge in [-0.1, -0.05) is 28.1 Å². The molecule has 0 unspecified atom stereocenters. The molecule has 0 amide bonds. The molecule has 0 radical (unpaired) electrons. The molecule has 0 atom stereocenters. The Kier molecular flexibility index (Phi) is 2.42. The molecule has 0 aliphatic carbocycles. The summed E-state index contributed by atoms with van der Waals surface area (Å²) in [7, 11) is 0. The molecule has 2 rings (SSSR count). The summed E-state index contributed by atoms with van der Waals surface area (Å²) >= 11 is 5.24. The van der Waals surface area contributed by atoms with Gasteiger partial charge in [-0.15, -0.1) is 11.8 Å². The van der Waals surface area contributed by atoms with Crippen molar-refractivity contribution < 1.29 is 0 Å². The van der Waals surface area contributed by atoms with Gasteiger partial charge in [0.05, 0.1) is 5.88 Å². The minimum absolute atomic E-state index is 0.988. The summed E-state index contributed by atoms with van der Waals surface area (Å²) in [6.07, 6.45) is 0. The minimum atomic E-state index is 0.988. The number of nitrogens with one attached hydrogen (secondary N) is 1. The predicted molar refractivity (Wildman–Crippen MR) is 57.7 cm³/mol. The molecule has 1 aromatic carbocycles. The van der Waals surface area contributed by atoms with Crippen LogP contribution < -0.4 is 5.32 Å². The molecule has 1 aliphatic heterocycles. The molecule has 1 aromatic rings. The summed E-state index contributed by atoms with van der Waals surface area (Å²) in [4.78, 5) is 0. The largest absolute Gasteiger partial charge is 0.375 e. The molecular weight excluding hydrogens is 234 g/mol. The number of halogens is 1. The summed E-state index contributed by atoms with van der Waals surface area (Å²) in [5, 5.41) is 5.46. The zero-order valence-electron chi connectivity index (χ0n) is 6.38. The van der Waals surface area contributed by atoms with E-state index in [4.69, 9.17) is 0 Å². The fraction of sp³-hybridized carbons (Fsp3) is 0.111. The van der Waals surface area contributed by atoms with Gasteiger partial charge in [0.15, 0.2) is 0 Å². The van der Waals surface area contributed by atoms with E-state index < -0.39 is 0 Å². The van der Waals surface area contributed by atoms with Crippen molar-refractivity contribution in [1.82, 2.24) is 5.32 Å². The Morgan fingerprint density at radius 1 is 1.42 bits per heavy atom. The first kappa shape index (κ1) is 8.20. The highest BCUT2D eigenvalue weighted by Gasteiger charge is 2.05. The quantitative estimate of drug-likeness (QED) is 0.812. The molecule has 0 aromatic heterocycles. The minimum Gasteiger partial charge on any atom is -0.375 e. The summed E-state index contributed by atoms with van der Waals surface area (Å²) < 4.78 is 1.12. The molecule has 0 spiro atoms. The van der Waals surface area contributed by atoms with Crippen LogP contribution in [0.5, 0.6) is 0 Å². The number of benzene rings is 1.